The molecule has 3 N–H and O–H groups in total. The maximum absolute atomic E-state index is 14.5. The molecule has 0 saturated carbocycles. The average Bonchev–Trinajstić information content (AvgIpc) is 3.50. The quantitative estimate of drug-likeness (QED) is 0.426. The van der Waals surface area contributed by atoms with Crippen molar-refractivity contribution in [1.82, 2.24) is 24.1 Å². The molecule has 0 amide bonds. The highest BCUT2D eigenvalue weighted by Crippen LogP contribution is 2.34. The standard InChI is InChI=1S/C22H21F4N7O/c1-11(27)16-10-33-20(30-16)14(17-7-19(22(24,25)26)31-32(17)2)9-29-21(33)28-8-13-12-5-6-34-18(12)4-3-15(13)23/h3-4,7,9-11H,5-6,8,27H2,1-2H3,(H,28,29). The molecule has 5 rings (SSSR count). The Morgan fingerprint density at radius 2 is 2.09 bits per heavy atom. The topological polar surface area (TPSA) is 95.3 Å². The van der Waals surface area contributed by atoms with Crippen LogP contribution in [0.25, 0.3) is 16.9 Å². The van der Waals surface area contributed by atoms with Crippen molar-refractivity contribution in [2.24, 2.45) is 12.8 Å². The lowest BCUT2D eigenvalue weighted by atomic mass is 10.0. The van der Waals surface area contributed by atoms with Gasteiger partial charge < -0.3 is 15.8 Å². The third-order valence-electron chi connectivity index (χ3n) is 5.79. The minimum atomic E-state index is -4.59. The number of halogens is 4. The summed E-state index contributed by atoms with van der Waals surface area (Å²) in [7, 11) is 1.42. The molecule has 34 heavy (non-hydrogen) atoms. The number of anilines is 1. The number of nitrogens with one attached hydrogen (secondary N) is 1. The van der Waals surface area contributed by atoms with Gasteiger partial charge in [0.15, 0.2) is 11.3 Å². The summed E-state index contributed by atoms with van der Waals surface area (Å²) in [5.41, 5.74) is 7.69. The summed E-state index contributed by atoms with van der Waals surface area (Å²) in [5.74, 6) is 0.638. The second-order valence-corrected chi connectivity index (χ2v) is 8.13. The Bertz CT molecular complexity index is 1390. The largest absolute Gasteiger partial charge is 0.493 e. The zero-order chi connectivity index (χ0) is 24.2. The highest BCUT2D eigenvalue weighted by molar-refractivity contribution is 5.76. The predicted octanol–water partition coefficient (Wildman–Crippen LogP) is 3.85. The maximum Gasteiger partial charge on any atom is 0.435 e. The monoisotopic (exact) mass is 475 g/mol. The van der Waals surface area contributed by atoms with Crippen LogP contribution in [-0.2, 0) is 26.2 Å². The molecule has 4 heterocycles. The third kappa shape index (κ3) is 3.73. The van der Waals surface area contributed by atoms with Crippen LogP contribution in [0.15, 0.2) is 30.6 Å². The van der Waals surface area contributed by atoms with Gasteiger partial charge in [0, 0.05) is 49.6 Å². The van der Waals surface area contributed by atoms with Crippen molar-refractivity contribution in [2.45, 2.75) is 32.1 Å². The number of nitrogens with two attached hydrogens (primary N) is 1. The first-order valence-corrected chi connectivity index (χ1v) is 10.6. The fourth-order valence-corrected chi connectivity index (χ4v) is 4.06. The zero-order valence-corrected chi connectivity index (χ0v) is 18.3. The summed E-state index contributed by atoms with van der Waals surface area (Å²) < 4.78 is 62.4. The first kappa shape index (κ1) is 22.1. The van der Waals surface area contributed by atoms with Crippen LogP contribution in [-0.4, -0.2) is 30.8 Å². The summed E-state index contributed by atoms with van der Waals surface area (Å²) in [6.07, 6.45) is -0.901. The van der Waals surface area contributed by atoms with E-state index in [1.807, 2.05) is 0 Å². The van der Waals surface area contributed by atoms with Crippen molar-refractivity contribution in [1.29, 1.82) is 0 Å². The number of rotatable bonds is 5. The Hall–Kier alpha value is -3.67. The van der Waals surface area contributed by atoms with E-state index in [1.165, 1.54) is 19.3 Å². The molecule has 1 aliphatic heterocycles. The number of fused-ring (bicyclic) bond motifs is 2. The van der Waals surface area contributed by atoms with E-state index in [2.05, 4.69) is 20.4 Å². The van der Waals surface area contributed by atoms with Crippen LogP contribution in [0.3, 0.4) is 0 Å². The van der Waals surface area contributed by atoms with E-state index in [4.69, 9.17) is 10.5 Å². The van der Waals surface area contributed by atoms with Gasteiger partial charge in [-0.2, -0.15) is 18.3 Å². The number of imidazole rings is 1. The molecule has 1 aromatic carbocycles. The van der Waals surface area contributed by atoms with Gasteiger partial charge in [-0.05, 0) is 25.1 Å². The summed E-state index contributed by atoms with van der Waals surface area (Å²) in [4.78, 5) is 8.94. The lowest BCUT2D eigenvalue weighted by Crippen LogP contribution is -2.10. The van der Waals surface area contributed by atoms with Gasteiger partial charge in [0.05, 0.1) is 23.6 Å². The number of hydrogen-bond donors (Lipinski definition) is 2. The Labute approximate surface area is 191 Å². The number of alkyl halides is 3. The first-order valence-electron chi connectivity index (χ1n) is 10.6. The van der Waals surface area contributed by atoms with Crippen molar-refractivity contribution in [3.63, 3.8) is 0 Å². The van der Waals surface area contributed by atoms with E-state index in [0.717, 1.165) is 16.3 Å². The SMILES string of the molecule is CC(N)c1cn2c(NCc3c(F)ccc4c3CCO4)ncc(-c3cc(C(F)(F)F)nn3C)c2n1. The van der Waals surface area contributed by atoms with Crippen LogP contribution in [0, 0.1) is 5.82 Å². The summed E-state index contributed by atoms with van der Waals surface area (Å²) in [5, 5.41) is 6.70. The summed E-state index contributed by atoms with van der Waals surface area (Å²) in [6, 6.07) is 3.50. The lowest BCUT2D eigenvalue weighted by molar-refractivity contribution is -0.141. The molecule has 4 aromatic rings. The highest BCUT2D eigenvalue weighted by atomic mass is 19.4. The van der Waals surface area contributed by atoms with Gasteiger partial charge in [-0.1, -0.05) is 0 Å². The second kappa shape index (κ2) is 7.97. The molecule has 0 radical (unpaired) electrons. The molecular weight excluding hydrogens is 454 g/mol. The predicted molar refractivity (Wildman–Crippen MR) is 116 cm³/mol. The van der Waals surface area contributed by atoms with Crippen molar-refractivity contribution in [3.8, 4) is 17.0 Å². The average molecular weight is 475 g/mol. The van der Waals surface area contributed by atoms with Crippen molar-refractivity contribution in [2.75, 3.05) is 11.9 Å². The Morgan fingerprint density at radius 1 is 1.29 bits per heavy atom. The molecule has 0 fully saturated rings. The molecule has 0 aliphatic carbocycles. The molecule has 3 aromatic heterocycles. The number of ether oxygens (including phenoxy) is 1. The molecule has 0 spiro atoms. The van der Waals surface area contributed by atoms with Gasteiger partial charge in [0.25, 0.3) is 0 Å². The molecule has 1 atom stereocenters. The van der Waals surface area contributed by atoms with Gasteiger partial charge >= 0.3 is 6.18 Å². The fraction of sp³-hybridized carbons (Fsp3) is 0.318. The van der Waals surface area contributed by atoms with Gasteiger partial charge in [-0.3, -0.25) is 9.08 Å². The molecule has 1 aliphatic rings. The summed E-state index contributed by atoms with van der Waals surface area (Å²) in [6.45, 7) is 2.37. The van der Waals surface area contributed by atoms with Crippen molar-refractivity contribution >= 4 is 11.6 Å². The van der Waals surface area contributed by atoms with Gasteiger partial charge in [-0.15, -0.1) is 0 Å². The Kier molecular flexibility index (Phi) is 5.19. The minimum absolute atomic E-state index is 0.134. The molecule has 8 nitrogen and oxygen atoms in total. The van der Waals surface area contributed by atoms with Crippen LogP contribution in [0.1, 0.15) is 35.5 Å². The number of benzene rings is 1. The maximum atomic E-state index is 14.5. The summed E-state index contributed by atoms with van der Waals surface area (Å²) >= 11 is 0. The van der Waals surface area contributed by atoms with E-state index < -0.39 is 17.9 Å². The van der Waals surface area contributed by atoms with Gasteiger partial charge in [-0.25, -0.2) is 14.4 Å². The van der Waals surface area contributed by atoms with Gasteiger partial charge in [0.1, 0.15) is 11.6 Å². The molecule has 178 valence electrons. The molecule has 0 bridgehead atoms. The van der Waals surface area contributed by atoms with Crippen LogP contribution in [0.4, 0.5) is 23.5 Å². The highest BCUT2D eigenvalue weighted by Gasteiger charge is 2.35. The van der Waals surface area contributed by atoms with Crippen LogP contribution in [0.5, 0.6) is 5.75 Å². The van der Waals surface area contributed by atoms with Crippen LogP contribution in [0.2, 0.25) is 0 Å². The molecule has 12 heteroatoms. The fourth-order valence-electron chi connectivity index (χ4n) is 4.06. The van der Waals surface area contributed by atoms with E-state index in [-0.39, 0.29) is 18.1 Å². The van der Waals surface area contributed by atoms with Crippen molar-refractivity contribution in [3.05, 3.63) is 58.9 Å². The zero-order valence-electron chi connectivity index (χ0n) is 18.3. The van der Waals surface area contributed by atoms with Crippen LogP contribution >= 0.6 is 0 Å². The number of hydrogen-bond acceptors (Lipinski definition) is 6. The number of aryl methyl sites for hydroxylation is 1. The minimum Gasteiger partial charge on any atom is -0.493 e. The first-order chi connectivity index (χ1) is 16.1. The number of nitrogens with zero attached hydrogens (tertiary/aromatic N) is 5. The lowest BCUT2D eigenvalue weighted by Gasteiger charge is -2.13. The molecule has 0 saturated heterocycles. The Balaban J connectivity index is 1.57. The third-order valence-corrected chi connectivity index (χ3v) is 5.79. The molecule has 1 unspecified atom stereocenters. The van der Waals surface area contributed by atoms with Crippen LogP contribution < -0.4 is 15.8 Å². The second-order valence-electron chi connectivity index (χ2n) is 8.13. The normalized spacial score (nSPS) is 14.3. The van der Waals surface area contributed by atoms with Gasteiger partial charge in [0.2, 0.25) is 5.95 Å². The van der Waals surface area contributed by atoms with Crippen molar-refractivity contribution < 1.29 is 22.3 Å². The van der Waals surface area contributed by atoms with E-state index in [1.54, 1.807) is 23.6 Å². The Morgan fingerprint density at radius 3 is 2.79 bits per heavy atom. The number of aromatic nitrogens is 5. The van der Waals surface area contributed by atoms with E-state index in [9.17, 15) is 17.6 Å². The molecular formula is C22H21F4N7O. The van der Waals surface area contributed by atoms with E-state index in [0.29, 0.717) is 47.2 Å². The smallest absolute Gasteiger partial charge is 0.435 e. The van der Waals surface area contributed by atoms with E-state index >= 15 is 0 Å².